The van der Waals surface area contributed by atoms with Gasteiger partial charge in [0, 0.05) is 0 Å². The fraction of sp³-hybridized carbons (Fsp3) is 0.0833. The molecule has 9 heteroatoms. The standard InChI is InChI=1S/C24H15BrClFN2O4/c25-17-8-15(7-16(11-28)24(30)29-20-4-2-1-3-19(20)27)9-18(26)23(17)31-12-14-5-6-21-22(10-14)33-13-32-21/h1-10H,12-13H2,(H,29,30)/b16-7-. The minimum atomic E-state index is -0.738. The van der Waals surface area contributed by atoms with Crippen molar-refractivity contribution in [2.75, 3.05) is 12.1 Å². The monoisotopic (exact) mass is 528 g/mol. The van der Waals surface area contributed by atoms with Gasteiger partial charge < -0.3 is 19.5 Å². The molecule has 166 valence electrons. The van der Waals surface area contributed by atoms with Crippen LogP contribution in [0, 0.1) is 17.1 Å². The molecular formula is C24H15BrClFN2O4. The molecule has 0 aliphatic carbocycles. The topological polar surface area (TPSA) is 80.6 Å². The van der Waals surface area contributed by atoms with Gasteiger partial charge in [-0.15, -0.1) is 0 Å². The van der Waals surface area contributed by atoms with Gasteiger partial charge in [0.15, 0.2) is 17.2 Å². The van der Waals surface area contributed by atoms with Crippen molar-refractivity contribution in [3.8, 4) is 23.3 Å². The number of rotatable bonds is 6. The quantitative estimate of drug-likeness (QED) is 0.308. The van der Waals surface area contributed by atoms with E-state index in [9.17, 15) is 14.4 Å². The Balaban J connectivity index is 1.49. The molecule has 6 nitrogen and oxygen atoms in total. The number of hydrogen-bond donors (Lipinski definition) is 1. The molecule has 33 heavy (non-hydrogen) atoms. The van der Waals surface area contributed by atoms with E-state index in [0.29, 0.717) is 27.3 Å². The van der Waals surface area contributed by atoms with Gasteiger partial charge in [-0.2, -0.15) is 5.26 Å². The first-order valence-electron chi connectivity index (χ1n) is 9.62. The van der Waals surface area contributed by atoms with Gasteiger partial charge in [0.25, 0.3) is 5.91 Å². The number of anilines is 1. The van der Waals surface area contributed by atoms with Crippen LogP contribution in [0.2, 0.25) is 5.02 Å². The summed E-state index contributed by atoms with van der Waals surface area (Å²) in [5, 5.41) is 12.1. The Labute approximate surface area is 202 Å². The Morgan fingerprint density at radius 1 is 1.21 bits per heavy atom. The van der Waals surface area contributed by atoms with E-state index in [1.165, 1.54) is 24.3 Å². The third-order valence-corrected chi connectivity index (χ3v) is 5.51. The molecule has 4 rings (SSSR count). The van der Waals surface area contributed by atoms with Crippen molar-refractivity contribution in [3.63, 3.8) is 0 Å². The lowest BCUT2D eigenvalue weighted by atomic mass is 10.1. The molecule has 1 aliphatic rings. The molecule has 3 aromatic carbocycles. The summed E-state index contributed by atoms with van der Waals surface area (Å²) in [5.41, 5.74) is 1.12. The molecule has 0 saturated carbocycles. The first kappa shape index (κ1) is 22.6. The van der Waals surface area contributed by atoms with Crippen molar-refractivity contribution >= 4 is 45.2 Å². The zero-order valence-electron chi connectivity index (χ0n) is 16.9. The number of hydrogen-bond acceptors (Lipinski definition) is 5. The van der Waals surface area contributed by atoms with E-state index in [0.717, 1.165) is 5.56 Å². The minimum absolute atomic E-state index is 0.0184. The zero-order valence-corrected chi connectivity index (χ0v) is 19.2. The maximum absolute atomic E-state index is 13.8. The third-order valence-electron chi connectivity index (χ3n) is 4.64. The highest BCUT2D eigenvalue weighted by molar-refractivity contribution is 9.10. The van der Waals surface area contributed by atoms with Gasteiger partial charge in [-0.05, 0) is 69.5 Å². The molecule has 0 atom stereocenters. The van der Waals surface area contributed by atoms with E-state index in [1.54, 1.807) is 24.3 Å². The summed E-state index contributed by atoms with van der Waals surface area (Å²) in [6.45, 7) is 0.424. The van der Waals surface area contributed by atoms with E-state index in [-0.39, 0.29) is 29.7 Å². The van der Waals surface area contributed by atoms with Gasteiger partial charge in [-0.1, -0.05) is 29.8 Å². The smallest absolute Gasteiger partial charge is 0.266 e. The van der Waals surface area contributed by atoms with Crippen LogP contribution in [-0.2, 0) is 11.4 Å². The van der Waals surface area contributed by atoms with Crippen LogP contribution in [0.4, 0.5) is 10.1 Å². The van der Waals surface area contributed by atoms with Crippen LogP contribution in [0.15, 0.2) is 64.6 Å². The van der Waals surface area contributed by atoms with Crippen molar-refractivity contribution in [2.24, 2.45) is 0 Å². The summed E-state index contributed by atoms with van der Waals surface area (Å²) >= 11 is 9.81. The van der Waals surface area contributed by atoms with E-state index in [1.807, 2.05) is 18.2 Å². The zero-order chi connectivity index (χ0) is 23.4. The van der Waals surface area contributed by atoms with Gasteiger partial charge in [0.05, 0.1) is 15.2 Å². The molecule has 1 N–H and O–H groups in total. The van der Waals surface area contributed by atoms with E-state index < -0.39 is 11.7 Å². The van der Waals surface area contributed by atoms with Crippen LogP contribution >= 0.6 is 27.5 Å². The number of halogens is 3. The summed E-state index contributed by atoms with van der Waals surface area (Å²) in [6.07, 6.45) is 1.36. The highest BCUT2D eigenvalue weighted by Crippen LogP contribution is 2.37. The number of benzene rings is 3. The largest absolute Gasteiger partial charge is 0.486 e. The normalized spacial score (nSPS) is 12.2. The Kier molecular flexibility index (Phi) is 6.82. The maximum Gasteiger partial charge on any atom is 0.266 e. The Morgan fingerprint density at radius 3 is 2.76 bits per heavy atom. The molecule has 0 bridgehead atoms. The van der Waals surface area contributed by atoms with E-state index in [2.05, 4.69) is 21.2 Å². The number of carbonyl (C=O) groups is 1. The maximum atomic E-state index is 13.8. The lowest BCUT2D eigenvalue weighted by Crippen LogP contribution is -2.14. The second-order valence-corrected chi connectivity index (χ2v) is 8.16. The highest BCUT2D eigenvalue weighted by atomic mass is 79.9. The molecule has 0 radical (unpaired) electrons. The first-order chi connectivity index (χ1) is 15.9. The third kappa shape index (κ3) is 5.28. The predicted octanol–water partition coefficient (Wildman–Crippen LogP) is 6.09. The van der Waals surface area contributed by atoms with Crippen molar-refractivity contribution in [1.29, 1.82) is 5.26 Å². The Bertz CT molecular complexity index is 1280. The molecule has 1 heterocycles. The SMILES string of the molecule is N#C/C(=C/c1cc(Cl)c(OCc2ccc3c(c2)OCO3)c(Br)c1)C(=O)Nc1ccccc1F. The average molecular weight is 530 g/mol. The van der Waals surface area contributed by atoms with Crippen molar-refractivity contribution in [1.82, 2.24) is 0 Å². The fourth-order valence-electron chi connectivity index (χ4n) is 3.05. The van der Waals surface area contributed by atoms with Gasteiger partial charge in [-0.3, -0.25) is 4.79 Å². The Morgan fingerprint density at radius 2 is 2.00 bits per heavy atom. The molecule has 1 aliphatic heterocycles. The second kappa shape index (κ2) is 9.94. The predicted molar refractivity (Wildman–Crippen MR) is 125 cm³/mol. The fourth-order valence-corrected chi connectivity index (χ4v) is 4.04. The number of nitrogens with one attached hydrogen (secondary N) is 1. The first-order valence-corrected chi connectivity index (χ1v) is 10.8. The van der Waals surface area contributed by atoms with Gasteiger partial charge >= 0.3 is 0 Å². The van der Waals surface area contributed by atoms with Gasteiger partial charge in [-0.25, -0.2) is 4.39 Å². The molecule has 0 saturated heterocycles. The summed E-state index contributed by atoms with van der Waals surface area (Å²) in [7, 11) is 0. The van der Waals surface area contributed by atoms with Crippen molar-refractivity contribution in [3.05, 3.63) is 86.6 Å². The van der Waals surface area contributed by atoms with Crippen LogP contribution in [0.1, 0.15) is 11.1 Å². The van der Waals surface area contributed by atoms with Crippen LogP contribution in [0.25, 0.3) is 6.08 Å². The number of fused-ring (bicyclic) bond motifs is 1. The molecule has 0 aromatic heterocycles. The molecule has 0 spiro atoms. The average Bonchev–Trinajstić information content (AvgIpc) is 3.26. The minimum Gasteiger partial charge on any atom is -0.486 e. The molecule has 1 amide bonds. The number of nitrogens with zero attached hydrogens (tertiary/aromatic N) is 1. The van der Waals surface area contributed by atoms with Crippen LogP contribution in [0.5, 0.6) is 17.2 Å². The molecule has 0 unspecified atom stereocenters. The molecule has 3 aromatic rings. The number of carbonyl (C=O) groups excluding carboxylic acids is 1. The van der Waals surface area contributed by atoms with Crippen LogP contribution < -0.4 is 19.5 Å². The summed E-state index contributed by atoms with van der Waals surface area (Å²) in [5.74, 6) is 0.401. The van der Waals surface area contributed by atoms with Crippen molar-refractivity contribution < 1.29 is 23.4 Å². The number of para-hydroxylation sites is 1. The van der Waals surface area contributed by atoms with Crippen LogP contribution in [-0.4, -0.2) is 12.7 Å². The Hall–Kier alpha value is -3.54. The van der Waals surface area contributed by atoms with Gasteiger partial charge in [0.2, 0.25) is 6.79 Å². The summed E-state index contributed by atoms with van der Waals surface area (Å²) in [6, 6.07) is 16.2. The summed E-state index contributed by atoms with van der Waals surface area (Å²) in [4.78, 5) is 12.4. The van der Waals surface area contributed by atoms with Crippen LogP contribution in [0.3, 0.4) is 0 Å². The number of ether oxygens (including phenoxy) is 3. The second-order valence-electron chi connectivity index (χ2n) is 6.89. The molecule has 0 fully saturated rings. The lowest BCUT2D eigenvalue weighted by molar-refractivity contribution is -0.112. The van der Waals surface area contributed by atoms with Crippen molar-refractivity contribution in [2.45, 2.75) is 6.61 Å². The van der Waals surface area contributed by atoms with Gasteiger partial charge in [0.1, 0.15) is 24.1 Å². The molecular weight excluding hydrogens is 515 g/mol. The lowest BCUT2D eigenvalue weighted by Gasteiger charge is -2.12. The van der Waals surface area contributed by atoms with E-state index in [4.69, 9.17) is 25.8 Å². The number of amides is 1. The highest BCUT2D eigenvalue weighted by Gasteiger charge is 2.16. The van der Waals surface area contributed by atoms with E-state index >= 15 is 0 Å². The number of nitriles is 1. The summed E-state index contributed by atoms with van der Waals surface area (Å²) < 4.78 is 30.8.